The van der Waals surface area contributed by atoms with Crippen molar-refractivity contribution in [3.63, 3.8) is 0 Å². The summed E-state index contributed by atoms with van der Waals surface area (Å²) in [6.45, 7) is 0.267. The fourth-order valence-electron chi connectivity index (χ4n) is 1.10. The first kappa shape index (κ1) is 9.36. The molecule has 0 fully saturated rings. The Morgan fingerprint density at radius 1 is 1.43 bits per heavy atom. The predicted molar refractivity (Wildman–Crippen MR) is 56.8 cm³/mol. The second-order valence-corrected chi connectivity index (χ2v) is 4.58. The maximum absolute atomic E-state index is 11.6. The number of aromatic nitrogens is 1. The molecule has 2 aromatic rings. The molecule has 0 spiro atoms. The van der Waals surface area contributed by atoms with Crippen LogP contribution in [0.25, 0.3) is 0 Å². The number of hydrogen-bond donors (Lipinski definition) is 1. The number of thiophene rings is 1. The molecule has 5 heteroatoms. The zero-order valence-corrected chi connectivity index (χ0v) is 8.90. The van der Waals surface area contributed by atoms with Crippen molar-refractivity contribution in [3.05, 3.63) is 38.8 Å². The molecule has 0 saturated heterocycles. The average molecular weight is 224 g/mol. The summed E-state index contributed by atoms with van der Waals surface area (Å²) in [7, 11) is 0. The van der Waals surface area contributed by atoms with Gasteiger partial charge in [-0.3, -0.25) is 10.2 Å². The second kappa shape index (κ2) is 3.89. The lowest BCUT2D eigenvalue weighted by Crippen LogP contribution is -2.17. The van der Waals surface area contributed by atoms with E-state index in [0.717, 1.165) is 4.88 Å². The van der Waals surface area contributed by atoms with Crippen LogP contribution in [0.4, 0.5) is 0 Å². The molecule has 0 aliphatic heterocycles. The van der Waals surface area contributed by atoms with Crippen LogP contribution < -0.4 is 4.80 Å². The van der Waals surface area contributed by atoms with Gasteiger partial charge in [0.05, 0.1) is 11.4 Å². The van der Waals surface area contributed by atoms with E-state index < -0.39 is 0 Å². The fraction of sp³-hybridized carbons (Fsp3) is 0.111. The summed E-state index contributed by atoms with van der Waals surface area (Å²) in [6, 6.07) is 3.67. The van der Waals surface area contributed by atoms with Crippen molar-refractivity contribution in [3.8, 4) is 0 Å². The molecular formula is C9H8N2OS2. The molecule has 72 valence electrons. The molecule has 0 aliphatic rings. The minimum absolute atomic E-state index is 0.0666. The molecule has 0 amide bonds. The molecule has 0 aliphatic carbocycles. The minimum Gasteiger partial charge on any atom is -0.316 e. The summed E-state index contributed by atoms with van der Waals surface area (Å²) < 4.78 is 1.65. The molecule has 1 N–H and O–H groups in total. The molecule has 2 rings (SSSR count). The number of Topliss-reactive ketones (excluding diaryl/α,β-unsaturated/α-hetero) is 1. The van der Waals surface area contributed by atoms with Crippen molar-refractivity contribution >= 4 is 28.5 Å². The van der Waals surface area contributed by atoms with E-state index in [1.54, 1.807) is 10.8 Å². The second-order valence-electron chi connectivity index (χ2n) is 2.74. The van der Waals surface area contributed by atoms with Crippen molar-refractivity contribution < 1.29 is 4.79 Å². The number of carbonyl (C=O) groups excluding carboxylic acids is 1. The Labute approximate surface area is 88.8 Å². The number of nitrogens with zero attached hydrogens (tertiary/aromatic N) is 1. The molecule has 2 heterocycles. The molecule has 0 atom stereocenters. The van der Waals surface area contributed by atoms with E-state index in [2.05, 4.69) is 0 Å². The van der Waals surface area contributed by atoms with Crippen LogP contribution in [0.5, 0.6) is 0 Å². The Balaban J connectivity index is 2.17. The molecule has 14 heavy (non-hydrogen) atoms. The van der Waals surface area contributed by atoms with Crippen molar-refractivity contribution in [2.24, 2.45) is 0 Å². The first-order valence-electron chi connectivity index (χ1n) is 4.02. The third kappa shape index (κ3) is 1.83. The van der Waals surface area contributed by atoms with Crippen LogP contribution in [0.15, 0.2) is 29.1 Å². The molecule has 0 bridgehead atoms. The Bertz CT molecular complexity index is 481. The number of thiazole rings is 1. The Morgan fingerprint density at radius 3 is 2.86 bits per heavy atom. The van der Waals surface area contributed by atoms with E-state index in [1.165, 1.54) is 22.7 Å². The summed E-state index contributed by atoms with van der Waals surface area (Å²) in [4.78, 5) is 12.8. The van der Waals surface area contributed by atoms with E-state index in [1.807, 2.05) is 22.9 Å². The van der Waals surface area contributed by atoms with Crippen molar-refractivity contribution in [2.75, 3.05) is 0 Å². The number of carbonyl (C=O) groups is 1. The monoisotopic (exact) mass is 224 g/mol. The summed E-state index contributed by atoms with van der Waals surface area (Å²) in [5.74, 6) is 0.0666. The lowest BCUT2D eigenvalue weighted by molar-refractivity contribution is 0.0975. The highest BCUT2D eigenvalue weighted by Crippen LogP contribution is 2.09. The Hall–Kier alpha value is -1.20. The van der Waals surface area contributed by atoms with Crippen LogP contribution in [0.3, 0.4) is 0 Å². The van der Waals surface area contributed by atoms with E-state index >= 15 is 0 Å². The standard InChI is InChI=1S/C9H8N2OS2/c10-9-11(3-5-14-9)6-7(12)8-2-1-4-13-8/h1-5,10H,6H2. The van der Waals surface area contributed by atoms with E-state index in [0.29, 0.717) is 4.80 Å². The lowest BCUT2D eigenvalue weighted by Gasteiger charge is -1.98. The minimum atomic E-state index is 0.0666. The zero-order valence-electron chi connectivity index (χ0n) is 7.27. The third-order valence-corrected chi connectivity index (χ3v) is 3.42. The fourth-order valence-corrected chi connectivity index (χ4v) is 2.35. The SMILES string of the molecule is N=c1sccn1CC(=O)c1cccs1. The van der Waals surface area contributed by atoms with Crippen molar-refractivity contribution in [2.45, 2.75) is 6.54 Å². The maximum Gasteiger partial charge on any atom is 0.192 e. The van der Waals surface area contributed by atoms with E-state index in [9.17, 15) is 4.79 Å². The Kier molecular flexibility index (Phi) is 2.60. The predicted octanol–water partition coefficient (Wildman–Crippen LogP) is 1.97. The summed E-state index contributed by atoms with van der Waals surface area (Å²) >= 11 is 2.76. The van der Waals surface area contributed by atoms with Gasteiger partial charge in [0.1, 0.15) is 0 Å². The highest BCUT2D eigenvalue weighted by Gasteiger charge is 2.07. The summed E-state index contributed by atoms with van der Waals surface area (Å²) in [5, 5.41) is 11.2. The smallest absolute Gasteiger partial charge is 0.192 e. The van der Waals surface area contributed by atoms with Gasteiger partial charge in [0.2, 0.25) is 0 Å². The lowest BCUT2D eigenvalue weighted by atomic mass is 10.3. The van der Waals surface area contributed by atoms with Gasteiger partial charge in [-0.2, -0.15) is 0 Å². The maximum atomic E-state index is 11.6. The molecule has 0 radical (unpaired) electrons. The number of ketones is 1. The van der Waals surface area contributed by atoms with Crippen molar-refractivity contribution in [1.29, 1.82) is 5.41 Å². The van der Waals surface area contributed by atoms with E-state index in [-0.39, 0.29) is 12.3 Å². The molecule has 0 aromatic carbocycles. The van der Waals surface area contributed by atoms with Gasteiger partial charge in [-0.05, 0) is 11.4 Å². The molecule has 0 saturated carbocycles. The van der Waals surface area contributed by atoms with Crippen LogP contribution in [0.1, 0.15) is 9.67 Å². The van der Waals surface area contributed by atoms with Crippen LogP contribution in [-0.4, -0.2) is 10.4 Å². The highest BCUT2D eigenvalue weighted by molar-refractivity contribution is 7.12. The Morgan fingerprint density at radius 2 is 2.29 bits per heavy atom. The first-order valence-corrected chi connectivity index (χ1v) is 5.78. The quantitative estimate of drug-likeness (QED) is 0.796. The van der Waals surface area contributed by atoms with Gasteiger partial charge in [0, 0.05) is 11.6 Å². The molecule has 2 aromatic heterocycles. The number of nitrogens with one attached hydrogen (secondary N) is 1. The normalized spacial score (nSPS) is 10.3. The highest BCUT2D eigenvalue weighted by atomic mass is 32.1. The summed E-state index contributed by atoms with van der Waals surface area (Å²) in [6.07, 6.45) is 1.76. The van der Waals surface area contributed by atoms with Crippen LogP contribution >= 0.6 is 22.7 Å². The zero-order chi connectivity index (χ0) is 9.97. The van der Waals surface area contributed by atoms with Gasteiger partial charge in [-0.25, -0.2) is 0 Å². The third-order valence-electron chi connectivity index (χ3n) is 1.79. The van der Waals surface area contributed by atoms with Crippen LogP contribution in [0, 0.1) is 5.41 Å². The van der Waals surface area contributed by atoms with E-state index in [4.69, 9.17) is 5.41 Å². The molecule has 0 unspecified atom stereocenters. The average Bonchev–Trinajstić information content (AvgIpc) is 2.77. The number of rotatable bonds is 3. The molecular weight excluding hydrogens is 216 g/mol. The van der Waals surface area contributed by atoms with Crippen molar-refractivity contribution in [1.82, 2.24) is 4.57 Å². The molecule has 3 nitrogen and oxygen atoms in total. The largest absolute Gasteiger partial charge is 0.316 e. The number of hydrogen-bond acceptors (Lipinski definition) is 4. The van der Waals surface area contributed by atoms with Crippen LogP contribution in [-0.2, 0) is 6.54 Å². The first-order chi connectivity index (χ1) is 6.77. The van der Waals surface area contributed by atoms with Gasteiger partial charge in [-0.15, -0.1) is 22.7 Å². The van der Waals surface area contributed by atoms with Gasteiger partial charge in [0.15, 0.2) is 10.6 Å². The van der Waals surface area contributed by atoms with Crippen LogP contribution in [0.2, 0.25) is 0 Å². The van der Waals surface area contributed by atoms with Gasteiger partial charge in [-0.1, -0.05) is 6.07 Å². The van der Waals surface area contributed by atoms with Gasteiger partial charge < -0.3 is 4.57 Å². The summed E-state index contributed by atoms with van der Waals surface area (Å²) in [5.41, 5.74) is 0. The van der Waals surface area contributed by atoms with Gasteiger partial charge in [0.25, 0.3) is 0 Å². The topological polar surface area (TPSA) is 45.9 Å². The van der Waals surface area contributed by atoms with Gasteiger partial charge >= 0.3 is 0 Å².